The summed E-state index contributed by atoms with van der Waals surface area (Å²) in [5.74, 6) is 0.0537. The lowest BCUT2D eigenvalue weighted by molar-refractivity contribution is -0.121. The lowest BCUT2D eigenvalue weighted by Gasteiger charge is -2.15. The van der Waals surface area contributed by atoms with Crippen molar-refractivity contribution in [3.8, 4) is 11.3 Å². The molecule has 0 saturated carbocycles. The predicted molar refractivity (Wildman–Crippen MR) is 104 cm³/mol. The summed E-state index contributed by atoms with van der Waals surface area (Å²) in [6.07, 6.45) is 2.41. The van der Waals surface area contributed by atoms with E-state index < -0.39 is 5.91 Å². The van der Waals surface area contributed by atoms with Crippen LogP contribution in [0.2, 0.25) is 0 Å². The van der Waals surface area contributed by atoms with E-state index in [1.165, 1.54) is 6.07 Å². The van der Waals surface area contributed by atoms with Crippen molar-refractivity contribution in [2.45, 2.75) is 19.4 Å². The number of rotatable bonds is 7. The molecule has 0 spiro atoms. The Morgan fingerprint density at radius 1 is 1.22 bits per heavy atom. The first-order chi connectivity index (χ1) is 13.1. The topological polar surface area (TPSA) is 100 Å². The molecule has 1 aromatic carbocycles. The van der Waals surface area contributed by atoms with Crippen molar-refractivity contribution < 1.29 is 14.0 Å². The number of nitrogens with one attached hydrogen (secondary N) is 3. The second-order valence-corrected chi connectivity index (χ2v) is 6.64. The van der Waals surface area contributed by atoms with Gasteiger partial charge in [0.25, 0.3) is 5.91 Å². The molecule has 1 atom stereocenters. The zero-order valence-corrected chi connectivity index (χ0v) is 16.2. The highest BCUT2D eigenvalue weighted by Gasteiger charge is 2.18. The van der Waals surface area contributed by atoms with Gasteiger partial charge >= 0.3 is 0 Å². The molecular formula is C19H19BrN4O3. The quantitative estimate of drug-likeness (QED) is 0.534. The van der Waals surface area contributed by atoms with E-state index in [2.05, 4.69) is 36.5 Å². The summed E-state index contributed by atoms with van der Waals surface area (Å²) in [7, 11) is 0. The van der Waals surface area contributed by atoms with Crippen LogP contribution in [-0.4, -0.2) is 28.3 Å². The number of carbonyl (C=O) groups excluding carboxylic acids is 2. The maximum absolute atomic E-state index is 12.2. The molecule has 7 nitrogen and oxygen atoms in total. The Hall–Kier alpha value is -2.87. The number of imidazole rings is 1. The smallest absolute Gasteiger partial charge is 0.287 e. The minimum absolute atomic E-state index is 0.139. The lowest BCUT2D eigenvalue weighted by atomic mass is 10.2. The van der Waals surface area contributed by atoms with E-state index in [9.17, 15) is 9.59 Å². The summed E-state index contributed by atoms with van der Waals surface area (Å²) in [5.41, 5.74) is 1.91. The van der Waals surface area contributed by atoms with Crippen molar-refractivity contribution in [1.82, 2.24) is 20.6 Å². The number of amides is 2. The first kappa shape index (κ1) is 18.9. The fourth-order valence-electron chi connectivity index (χ4n) is 2.57. The number of H-pyrrole nitrogens is 1. The fraction of sp³-hybridized carbons (Fsp3) is 0.211. The van der Waals surface area contributed by atoms with Crippen molar-refractivity contribution in [3.05, 3.63) is 64.9 Å². The number of aromatic nitrogens is 2. The van der Waals surface area contributed by atoms with Gasteiger partial charge in [-0.2, -0.15) is 0 Å². The van der Waals surface area contributed by atoms with Gasteiger partial charge in [0.05, 0.1) is 24.5 Å². The highest BCUT2D eigenvalue weighted by molar-refractivity contribution is 9.10. The van der Waals surface area contributed by atoms with Gasteiger partial charge in [0, 0.05) is 0 Å². The summed E-state index contributed by atoms with van der Waals surface area (Å²) in [6, 6.07) is 12.7. The SMILES string of the molecule is CCC(NC(=O)CNC(=O)c1ccc(Br)o1)c1ncc(-c2ccccc2)[nH]1. The Bertz CT molecular complexity index is 920. The molecule has 3 rings (SSSR count). The number of nitrogens with zero attached hydrogens (tertiary/aromatic N) is 1. The van der Waals surface area contributed by atoms with Gasteiger partial charge in [-0.05, 0) is 40.0 Å². The Morgan fingerprint density at radius 3 is 2.67 bits per heavy atom. The van der Waals surface area contributed by atoms with E-state index in [-0.39, 0.29) is 24.3 Å². The van der Waals surface area contributed by atoms with Gasteiger partial charge in [0.2, 0.25) is 5.91 Å². The molecule has 3 N–H and O–H groups in total. The van der Waals surface area contributed by atoms with Crippen LogP contribution in [0, 0.1) is 0 Å². The molecule has 0 aliphatic heterocycles. The van der Waals surface area contributed by atoms with E-state index in [1.54, 1.807) is 12.3 Å². The van der Waals surface area contributed by atoms with Crippen LogP contribution in [0.4, 0.5) is 0 Å². The van der Waals surface area contributed by atoms with E-state index in [0.717, 1.165) is 11.3 Å². The standard InChI is InChI=1S/C19H19BrN4O3/c1-2-13(18-21-10-14(24-18)12-6-4-3-5-7-12)23-17(25)11-22-19(26)15-8-9-16(20)27-15/h3-10,13H,2,11H2,1H3,(H,21,24)(H,22,26)(H,23,25). The number of carbonyl (C=O) groups is 2. The van der Waals surface area contributed by atoms with E-state index >= 15 is 0 Å². The number of hydrogen-bond donors (Lipinski definition) is 3. The third-order valence-corrected chi connectivity index (χ3v) is 4.39. The molecule has 0 fully saturated rings. The maximum Gasteiger partial charge on any atom is 0.287 e. The zero-order chi connectivity index (χ0) is 19.2. The van der Waals surface area contributed by atoms with Crippen LogP contribution in [0.1, 0.15) is 35.8 Å². The first-order valence-corrected chi connectivity index (χ1v) is 9.29. The first-order valence-electron chi connectivity index (χ1n) is 8.50. The second kappa shape index (κ2) is 8.68. The maximum atomic E-state index is 12.2. The molecule has 8 heteroatoms. The molecule has 0 bridgehead atoms. The zero-order valence-electron chi connectivity index (χ0n) is 14.7. The average Bonchev–Trinajstić information content (AvgIpc) is 3.34. The van der Waals surface area contributed by atoms with Crippen molar-refractivity contribution in [1.29, 1.82) is 0 Å². The minimum atomic E-state index is -0.451. The number of aromatic amines is 1. The predicted octanol–water partition coefficient (Wildman–Crippen LogP) is 3.43. The third-order valence-electron chi connectivity index (χ3n) is 3.96. The van der Waals surface area contributed by atoms with E-state index in [0.29, 0.717) is 16.9 Å². The molecular weight excluding hydrogens is 412 g/mol. The average molecular weight is 431 g/mol. The fourth-order valence-corrected chi connectivity index (χ4v) is 2.88. The number of benzene rings is 1. The molecule has 1 unspecified atom stereocenters. The van der Waals surface area contributed by atoms with E-state index in [4.69, 9.17) is 4.42 Å². The minimum Gasteiger partial charge on any atom is -0.444 e. The molecule has 140 valence electrons. The summed E-state index contributed by atoms with van der Waals surface area (Å²) >= 11 is 3.13. The Kier molecular flexibility index (Phi) is 6.08. The van der Waals surface area contributed by atoms with Crippen LogP contribution in [0.25, 0.3) is 11.3 Å². The van der Waals surface area contributed by atoms with E-state index in [1.807, 2.05) is 37.3 Å². The molecule has 3 aromatic rings. The molecule has 2 amide bonds. The van der Waals surface area contributed by atoms with Crippen LogP contribution in [0.3, 0.4) is 0 Å². The van der Waals surface area contributed by atoms with Gasteiger partial charge < -0.3 is 20.0 Å². The largest absolute Gasteiger partial charge is 0.444 e. The summed E-state index contributed by atoms with van der Waals surface area (Å²) in [6.45, 7) is 1.80. The summed E-state index contributed by atoms with van der Waals surface area (Å²) in [5, 5.41) is 5.40. The third kappa shape index (κ3) is 4.85. The highest BCUT2D eigenvalue weighted by atomic mass is 79.9. The number of furan rings is 1. The molecule has 0 radical (unpaired) electrons. The van der Waals surface area contributed by atoms with Crippen LogP contribution >= 0.6 is 15.9 Å². The van der Waals surface area contributed by atoms with Gasteiger partial charge in [-0.1, -0.05) is 37.3 Å². The second-order valence-electron chi connectivity index (χ2n) is 5.86. The lowest BCUT2D eigenvalue weighted by Crippen LogP contribution is -2.38. The van der Waals surface area contributed by atoms with Gasteiger partial charge in [-0.3, -0.25) is 9.59 Å². The van der Waals surface area contributed by atoms with Gasteiger partial charge in [0.1, 0.15) is 5.82 Å². The van der Waals surface area contributed by atoms with Crippen LogP contribution in [0.15, 0.2) is 57.7 Å². The Morgan fingerprint density at radius 2 is 2.00 bits per heavy atom. The van der Waals surface area contributed by atoms with Crippen LogP contribution in [0.5, 0.6) is 0 Å². The molecule has 0 saturated heterocycles. The van der Waals surface area contributed by atoms with Crippen LogP contribution in [-0.2, 0) is 4.79 Å². The van der Waals surface area contributed by atoms with Crippen molar-refractivity contribution >= 4 is 27.7 Å². The highest BCUT2D eigenvalue weighted by Crippen LogP contribution is 2.20. The normalized spacial score (nSPS) is 11.8. The molecule has 0 aliphatic carbocycles. The molecule has 27 heavy (non-hydrogen) atoms. The number of halogens is 1. The van der Waals surface area contributed by atoms with Crippen molar-refractivity contribution in [2.24, 2.45) is 0 Å². The van der Waals surface area contributed by atoms with Crippen LogP contribution < -0.4 is 10.6 Å². The Labute approximate surface area is 164 Å². The monoisotopic (exact) mass is 430 g/mol. The van der Waals surface area contributed by atoms with Gasteiger partial charge in [0.15, 0.2) is 10.4 Å². The van der Waals surface area contributed by atoms with Crippen molar-refractivity contribution in [3.63, 3.8) is 0 Å². The van der Waals surface area contributed by atoms with Gasteiger partial charge in [-0.15, -0.1) is 0 Å². The molecule has 2 heterocycles. The molecule has 0 aliphatic rings. The van der Waals surface area contributed by atoms with Crippen molar-refractivity contribution in [2.75, 3.05) is 6.54 Å². The summed E-state index contributed by atoms with van der Waals surface area (Å²) < 4.78 is 5.61. The number of hydrogen-bond acceptors (Lipinski definition) is 4. The Balaban J connectivity index is 1.57. The van der Waals surface area contributed by atoms with Gasteiger partial charge in [-0.25, -0.2) is 4.98 Å². The summed E-state index contributed by atoms with van der Waals surface area (Å²) in [4.78, 5) is 31.8. The molecule has 2 aromatic heterocycles.